The molecule has 2 heterocycles. The largest absolute Gasteiger partial charge is 0.493 e. The van der Waals surface area contributed by atoms with Gasteiger partial charge < -0.3 is 19.5 Å². The van der Waals surface area contributed by atoms with Crippen LogP contribution < -0.4 is 14.8 Å². The fraction of sp³-hybridized carbons (Fsp3) is 0.367. The molecule has 0 fully saturated rings. The van der Waals surface area contributed by atoms with E-state index < -0.39 is 0 Å². The van der Waals surface area contributed by atoms with E-state index in [0.29, 0.717) is 35.5 Å². The van der Waals surface area contributed by atoms with Gasteiger partial charge in [0.15, 0.2) is 0 Å². The van der Waals surface area contributed by atoms with E-state index in [9.17, 15) is 4.79 Å². The summed E-state index contributed by atoms with van der Waals surface area (Å²) in [5.74, 6) is 1.88. The molecule has 0 aromatic heterocycles. The topological polar surface area (TPSA) is 56.8 Å². The van der Waals surface area contributed by atoms with E-state index in [4.69, 9.17) is 37.4 Å². The second-order valence-corrected chi connectivity index (χ2v) is 10.5. The van der Waals surface area contributed by atoms with Crippen LogP contribution in [0.1, 0.15) is 59.6 Å². The third kappa shape index (κ3) is 5.74. The van der Waals surface area contributed by atoms with Crippen LogP contribution in [0.15, 0.2) is 54.6 Å². The number of rotatable bonds is 6. The van der Waals surface area contributed by atoms with E-state index in [-0.39, 0.29) is 18.1 Å². The van der Waals surface area contributed by atoms with Crippen LogP contribution in [0.2, 0.25) is 10.0 Å². The molecule has 0 spiro atoms. The molecular weight excluding hydrogens is 509 g/mol. The molecule has 0 aliphatic carbocycles. The Morgan fingerprint density at radius 3 is 2.57 bits per heavy atom. The highest BCUT2D eigenvalue weighted by molar-refractivity contribution is 6.42. The van der Waals surface area contributed by atoms with Crippen LogP contribution in [0.5, 0.6) is 11.5 Å². The van der Waals surface area contributed by atoms with Crippen LogP contribution in [-0.2, 0) is 28.9 Å². The number of hydrogen-bond acceptors (Lipinski definition) is 5. The van der Waals surface area contributed by atoms with Gasteiger partial charge in [-0.2, -0.15) is 0 Å². The van der Waals surface area contributed by atoms with Gasteiger partial charge in [0.1, 0.15) is 23.6 Å². The first-order chi connectivity index (χ1) is 17.9. The van der Waals surface area contributed by atoms with Gasteiger partial charge in [0.05, 0.1) is 23.8 Å². The lowest BCUT2D eigenvalue weighted by molar-refractivity contribution is -0.143. The molecule has 0 saturated carbocycles. The summed E-state index contributed by atoms with van der Waals surface area (Å²) in [4.78, 5) is 12.0. The Morgan fingerprint density at radius 1 is 1.03 bits per heavy atom. The summed E-state index contributed by atoms with van der Waals surface area (Å²) >= 11 is 12.3. The highest BCUT2D eigenvalue weighted by Gasteiger charge is 2.28. The fourth-order valence-electron chi connectivity index (χ4n) is 5.25. The summed E-state index contributed by atoms with van der Waals surface area (Å²) in [5, 5.41) is 4.37. The van der Waals surface area contributed by atoms with Crippen molar-refractivity contribution in [1.82, 2.24) is 5.32 Å². The lowest BCUT2D eigenvalue weighted by atomic mass is 9.87. The number of halogens is 2. The molecule has 3 aromatic carbocycles. The van der Waals surface area contributed by atoms with Crippen molar-refractivity contribution >= 4 is 29.2 Å². The summed E-state index contributed by atoms with van der Waals surface area (Å²) in [6.45, 7) is 3.40. The molecule has 3 aromatic rings. The molecular formula is C30H31Cl2NO4. The van der Waals surface area contributed by atoms with Crippen molar-refractivity contribution in [3.8, 4) is 11.5 Å². The summed E-state index contributed by atoms with van der Waals surface area (Å²) < 4.78 is 17.4. The average molecular weight is 540 g/mol. The Bertz CT molecular complexity index is 1280. The molecule has 0 radical (unpaired) electrons. The summed E-state index contributed by atoms with van der Waals surface area (Å²) in [6.07, 6.45) is 3.17. The van der Waals surface area contributed by atoms with E-state index in [0.717, 1.165) is 41.9 Å². The SMILES string of the molecule is CCC(Oc1ccc(C2CCOc3cc4c(cc3C2)CN[C@H](C(=O)OC)C4)cc1)c1ccc(Cl)c(Cl)c1. The van der Waals surface area contributed by atoms with Gasteiger partial charge in [-0.15, -0.1) is 0 Å². The van der Waals surface area contributed by atoms with E-state index in [1.165, 1.54) is 23.8 Å². The minimum absolute atomic E-state index is 0.0997. The highest BCUT2D eigenvalue weighted by Crippen LogP contribution is 2.37. The maximum absolute atomic E-state index is 12.0. The van der Waals surface area contributed by atoms with Gasteiger partial charge in [0.2, 0.25) is 0 Å². The Balaban J connectivity index is 1.29. The normalized spacial score (nSPS) is 19.6. The molecule has 2 unspecified atom stereocenters. The molecule has 5 nitrogen and oxygen atoms in total. The molecule has 37 heavy (non-hydrogen) atoms. The Hall–Kier alpha value is -2.73. The number of esters is 1. The van der Waals surface area contributed by atoms with Crippen molar-refractivity contribution in [2.75, 3.05) is 13.7 Å². The molecule has 194 valence electrons. The molecule has 0 bridgehead atoms. The summed E-state index contributed by atoms with van der Waals surface area (Å²) in [6, 6.07) is 18.1. The standard InChI is InChI=1S/C30H31Cl2NO4/c1-3-28(20-6-9-25(31)26(32)14-20)37-24-7-4-18(5-8-24)19-10-11-36-29-16-21-15-27(30(34)35-2)33-17-23(21)13-22(29)12-19/h4-9,13-14,16,19,27-28,33H,3,10-12,15,17H2,1-2H3/t19?,27-,28?/m0/s1. The number of carbonyl (C=O) groups excluding carboxylic acids is 1. The van der Waals surface area contributed by atoms with Gasteiger partial charge >= 0.3 is 5.97 Å². The molecule has 0 amide bonds. The summed E-state index contributed by atoms with van der Waals surface area (Å²) in [5.41, 5.74) is 5.87. The van der Waals surface area contributed by atoms with Gasteiger partial charge in [-0.1, -0.05) is 54.4 Å². The van der Waals surface area contributed by atoms with Crippen LogP contribution in [-0.4, -0.2) is 25.7 Å². The molecule has 7 heteroatoms. The predicted octanol–water partition coefficient (Wildman–Crippen LogP) is 6.82. The number of carbonyl (C=O) groups is 1. The van der Waals surface area contributed by atoms with Crippen LogP contribution in [0.25, 0.3) is 0 Å². The van der Waals surface area contributed by atoms with Gasteiger partial charge in [0, 0.05) is 6.54 Å². The van der Waals surface area contributed by atoms with Gasteiger partial charge in [-0.05, 0) is 89.8 Å². The molecule has 3 atom stereocenters. The Kier molecular flexibility index (Phi) is 7.94. The minimum atomic E-state index is -0.307. The minimum Gasteiger partial charge on any atom is -0.493 e. The van der Waals surface area contributed by atoms with Crippen molar-refractivity contribution in [3.05, 3.63) is 92.5 Å². The molecule has 0 saturated heterocycles. The zero-order valence-corrected chi connectivity index (χ0v) is 22.6. The molecule has 1 N–H and O–H groups in total. The quantitative estimate of drug-likeness (QED) is 0.348. The zero-order chi connectivity index (χ0) is 25.9. The van der Waals surface area contributed by atoms with Gasteiger partial charge in [-0.25, -0.2) is 0 Å². The van der Waals surface area contributed by atoms with Crippen LogP contribution in [0.3, 0.4) is 0 Å². The Morgan fingerprint density at radius 2 is 1.84 bits per heavy atom. The fourth-order valence-corrected chi connectivity index (χ4v) is 5.55. The molecule has 5 rings (SSSR count). The van der Waals surface area contributed by atoms with E-state index >= 15 is 0 Å². The molecule has 2 aliphatic rings. The number of nitrogens with one attached hydrogen (secondary N) is 1. The van der Waals surface area contributed by atoms with Crippen molar-refractivity contribution in [3.63, 3.8) is 0 Å². The first-order valence-corrected chi connectivity index (χ1v) is 13.5. The van der Waals surface area contributed by atoms with E-state index in [2.05, 4.69) is 36.5 Å². The third-order valence-corrected chi connectivity index (χ3v) is 8.08. The van der Waals surface area contributed by atoms with Crippen LogP contribution in [0.4, 0.5) is 0 Å². The highest BCUT2D eigenvalue weighted by atomic mass is 35.5. The summed E-state index contributed by atoms with van der Waals surface area (Å²) in [7, 11) is 1.43. The van der Waals surface area contributed by atoms with Crippen molar-refractivity contribution in [2.24, 2.45) is 0 Å². The maximum atomic E-state index is 12.0. The monoisotopic (exact) mass is 539 g/mol. The van der Waals surface area contributed by atoms with E-state index in [1.807, 2.05) is 30.3 Å². The second-order valence-electron chi connectivity index (χ2n) is 9.68. The van der Waals surface area contributed by atoms with Gasteiger partial charge in [-0.3, -0.25) is 4.79 Å². The maximum Gasteiger partial charge on any atom is 0.323 e. The Labute approximate surface area is 228 Å². The smallest absolute Gasteiger partial charge is 0.323 e. The van der Waals surface area contributed by atoms with Crippen molar-refractivity contribution < 1.29 is 19.0 Å². The lowest BCUT2D eigenvalue weighted by Gasteiger charge is -2.25. The first-order valence-electron chi connectivity index (χ1n) is 12.8. The molecule has 2 aliphatic heterocycles. The van der Waals surface area contributed by atoms with Crippen LogP contribution in [0, 0.1) is 0 Å². The second kappa shape index (κ2) is 11.3. The average Bonchev–Trinajstić information content (AvgIpc) is 3.13. The number of ether oxygens (including phenoxy) is 3. The van der Waals surface area contributed by atoms with E-state index in [1.54, 1.807) is 0 Å². The van der Waals surface area contributed by atoms with Crippen molar-refractivity contribution in [2.45, 2.75) is 57.2 Å². The lowest BCUT2D eigenvalue weighted by Crippen LogP contribution is -2.42. The first kappa shape index (κ1) is 25.9. The number of hydrogen-bond donors (Lipinski definition) is 1. The number of benzene rings is 3. The van der Waals surface area contributed by atoms with Crippen molar-refractivity contribution in [1.29, 1.82) is 0 Å². The van der Waals surface area contributed by atoms with Gasteiger partial charge in [0.25, 0.3) is 0 Å². The number of methoxy groups -OCH3 is 1. The number of fused-ring (bicyclic) bond motifs is 2. The van der Waals surface area contributed by atoms with Crippen LogP contribution >= 0.6 is 23.2 Å². The third-order valence-electron chi connectivity index (χ3n) is 7.34. The zero-order valence-electron chi connectivity index (χ0n) is 21.1. The predicted molar refractivity (Wildman–Crippen MR) is 146 cm³/mol.